The summed E-state index contributed by atoms with van der Waals surface area (Å²) < 4.78 is 18.7. The zero-order chi connectivity index (χ0) is 19.1. The third-order valence-electron chi connectivity index (χ3n) is 3.64. The van der Waals surface area contributed by atoms with Crippen molar-refractivity contribution in [1.29, 1.82) is 0 Å². The zero-order valence-electron chi connectivity index (χ0n) is 14.6. The number of halogens is 1. The second kappa shape index (κ2) is 8.70. The van der Waals surface area contributed by atoms with Crippen molar-refractivity contribution in [3.05, 3.63) is 71.7 Å². The van der Waals surface area contributed by atoms with Gasteiger partial charge < -0.3 is 15.4 Å². The smallest absolute Gasteiger partial charge is 0.340 e. The van der Waals surface area contributed by atoms with Gasteiger partial charge in [-0.15, -0.1) is 5.10 Å². The molecular formula is C19H18FN5O2. The van der Waals surface area contributed by atoms with Gasteiger partial charge in [0, 0.05) is 12.1 Å². The summed E-state index contributed by atoms with van der Waals surface area (Å²) in [5.41, 5.74) is 1.42. The molecule has 1 aromatic heterocycles. The van der Waals surface area contributed by atoms with Gasteiger partial charge in [-0.05, 0) is 25.1 Å². The number of hydrogen-bond donors (Lipinski definition) is 2. The van der Waals surface area contributed by atoms with E-state index < -0.39 is 5.97 Å². The maximum absolute atomic E-state index is 13.7. The standard InChI is InChI=1S/C19H18FN5O2/c1-2-27-18(26)14-8-4-6-10-16(14)23-17-12-22-25-19(24-17)21-11-13-7-3-5-9-15(13)20/h3-10,12H,2,11H2,1H3,(H2,21,23,24,25). The number of ether oxygens (including phenoxy) is 1. The molecule has 2 aromatic carbocycles. The maximum atomic E-state index is 13.7. The van der Waals surface area contributed by atoms with Crippen LogP contribution in [0.2, 0.25) is 0 Å². The molecular weight excluding hydrogens is 349 g/mol. The van der Waals surface area contributed by atoms with E-state index in [2.05, 4.69) is 25.8 Å². The predicted octanol–water partition coefficient (Wildman–Crippen LogP) is 3.54. The average Bonchev–Trinajstić information content (AvgIpc) is 2.68. The molecule has 27 heavy (non-hydrogen) atoms. The van der Waals surface area contributed by atoms with Crippen molar-refractivity contribution < 1.29 is 13.9 Å². The molecule has 7 nitrogen and oxygen atoms in total. The molecule has 0 saturated carbocycles. The SMILES string of the molecule is CCOC(=O)c1ccccc1Nc1cnnc(NCc2ccccc2F)n1. The molecule has 0 aliphatic heterocycles. The molecule has 0 bridgehead atoms. The summed E-state index contributed by atoms with van der Waals surface area (Å²) in [4.78, 5) is 16.3. The van der Waals surface area contributed by atoms with Gasteiger partial charge in [-0.2, -0.15) is 10.1 Å². The van der Waals surface area contributed by atoms with Crippen molar-refractivity contribution >= 4 is 23.4 Å². The number of esters is 1. The molecule has 0 spiro atoms. The van der Waals surface area contributed by atoms with Gasteiger partial charge >= 0.3 is 5.97 Å². The van der Waals surface area contributed by atoms with E-state index in [1.165, 1.54) is 12.3 Å². The molecule has 138 valence electrons. The lowest BCUT2D eigenvalue weighted by molar-refractivity contribution is 0.0527. The summed E-state index contributed by atoms with van der Waals surface area (Å²) >= 11 is 0. The zero-order valence-corrected chi connectivity index (χ0v) is 14.6. The number of anilines is 3. The van der Waals surface area contributed by atoms with Crippen LogP contribution in [0.4, 0.5) is 21.8 Å². The number of nitrogens with one attached hydrogen (secondary N) is 2. The van der Waals surface area contributed by atoms with Crippen LogP contribution in [0.15, 0.2) is 54.7 Å². The van der Waals surface area contributed by atoms with E-state index in [0.29, 0.717) is 22.6 Å². The Labute approximate surface area is 155 Å². The molecule has 0 saturated heterocycles. The molecule has 0 radical (unpaired) electrons. The molecule has 1 heterocycles. The number of benzene rings is 2. The largest absolute Gasteiger partial charge is 0.462 e. The fourth-order valence-electron chi connectivity index (χ4n) is 2.37. The first-order valence-corrected chi connectivity index (χ1v) is 8.37. The van der Waals surface area contributed by atoms with E-state index in [0.717, 1.165) is 0 Å². The van der Waals surface area contributed by atoms with Gasteiger partial charge in [0.1, 0.15) is 5.82 Å². The van der Waals surface area contributed by atoms with E-state index >= 15 is 0 Å². The topological polar surface area (TPSA) is 89.0 Å². The molecule has 8 heteroatoms. The fourth-order valence-corrected chi connectivity index (χ4v) is 2.37. The van der Waals surface area contributed by atoms with Gasteiger partial charge in [0.15, 0.2) is 5.82 Å². The summed E-state index contributed by atoms with van der Waals surface area (Å²) in [6.45, 7) is 2.25. The lowest BCUT2D eigenvalue weighted by Crippen LogP contribution is -2.10. The highest BCUT2D eigenvalue weighted by Gasteiger charge is 2.13. The van der Waals surface area contributed by atoms with Gasteiger partial charge in [0.2, 0.25) is 5.95 Å². The number of carbonyl (C=O) groups excluding carboxylic acids is 1. The van der Waals surface area contributed by atoms with Crippen molar-refractivity contribution in [3.8, 4) is 0 Å². The second-order valence-electron chi connectivity index (χ2n) is 5.50. The van der Waals surface area contributed by atoms with Crippen LogP contribution in [0.1, 0.15) is 22.8 Å². The fraction of sp³-hybridized carbons (Fsp3) is 0.158. The van der Waals surface area contributed by atoms with Crippen LogP contribution in [0.5, 0.6) is 0 Å². The normalized spacial score (nSPS) is 10.3. The first kappa shape index (κ1) is 18.2. The van der Waals surface area contributed by atoms with Gasteiger partial charge in [-0.25, -0.2) is 9.18 Å². The number of carbonyl (C=O) groups is 1. The maximum Gasteiger partial charge on any atom is 0.340 e. The van der Waals surface area contributed by atoms with E-state index in [-0.39, 0.29) is 24.9 Å². The van der Waals surface area contributed by atoms with Crippen LogP contribution in [-0.2, 0) is 11.3 Å². The van der Waals surface area contributed by atoms with E-state index in [1.54, 1.807) is 49.4 Å². The van der Waals surface area contributed by atoms with Crippen molar-refractivity contribution in [3.63, 3.8) is 0 Å². The molecule has 0 aliphatic carbocycles. The highest BCUT2D eigenvalue weighted by Crippen LogP contribution is 2.20. The Balaban J connectivity index is 1.73. The summed E-state index contributed by atoms with van der Waals surface area (Å²) in [5, 5.41) is 13.7. The Morgan fingerprint density at radius 1 is 1.15 bits per heavy atom. The third kappa shape index (κ3) is 4.75. The van der Waals surface area contributed by atoms with Crippen LogP contribution in [0.3, 0.4) is 0 Å². The third-order valence-corrected chi connectivity index (χ3v) is 3.64. The molecule has 3 aromatic rings. The minimum atomic E-state index is -0.430. The van der Waals surface area contributed by atoms with Crippen molar-refractivity contribution in [1.82, 2.24) is 15.2 Å². The van der Waals surface area contributed by atoms with Gasteiger partial charge in [0.25, 0.3) is 0 Å². The molecule has 2 N–H and O–H groups in total. The van der Waals surface area contributed by atoms with Crippen LogP contribution in [0, 0.1) is 5.82 Å². The minimum absolute atomic E-state index is 0.219. The number of nitrogens with zero attached hydrogens (tertiary/aromatic N) is 3. The number of aromatic nitrogens is 3. The van der Waals surface area contributed by atoms with Crippen LogP contribution in [-0.4, -0.2) is 27.8 Å². The number of para-hydroxylation sites is 1. The van der Waals surface area contributed by atoms with Crippen molar-refractivity contribution in [2.45, 2.75) is 13.5 Å². The highest BCUT2D eigenvalue weighted by atomic mass is 19.1. The van der Waals surface area contributed by atoms with Gasteiger partial charge in [-0.3, -0.25) is 0 Å². The summed E-state index contributed by atoms with van der Waals surface area (Å²) in [6.07, 6.45) is 1.43. The highest BCUT2D eigenvalue weighted by molar-refractivity contribution is 5.96. The van der Waals surface area contributed by atoms with E-state index in [1.807, 2.05) is 0 Å². The molecule has 3 rings (SSSR count). The summed E-state index contributed by atoms with van der Waals surface area (Å²) in [5.74, 6) is -0.120. The monoisotopic (exact) mass is 367 g/mol. The second-order valence-corrected chi connectivity index (χ2v) is 5.50. The Bertz CT molecular complexity index is 935. The minimum Gasteiger partial charge on any atom is -0.462 e. The van der Waals surface area contributed by atoms with Gasteiger partial charge in [0.05, 0.1) is 24.1 Å². The number of rotatable bonds is 7. The lowest BCUT2D eigenvalue weighted by atomic mass is 10.2. The molecule has 0 atom stereocenters. The number of hydrogen-bond acceptors (Lipinski definition) is 7. The first-order valence-electron chi connectivity index (χ1n) is 8.37. The first-order chi connectivity index (χ1) is 13.2. The molecule has 0 aliphatic rings. The Kier molecular flexibility index (Phi) is 5.88. The van der Waals surface area contributed by atoms with Gasteiger partial charge in [-0.1, -0.05) is 30.3 Å². The van der Waals surface area contributed by atoms with E-state index in [4.69, 9.17) is 4.74 Å². The average molecular weight is 367 g/mol. The Morgan fingerprint density at radius 3 is 2.74 bits per heavy atom. The Morgan fingerprint density at radius 2 is 1.93 bits per heavy atom. The summed E-state index contributed by atoms with van der Waals surface area (Å²) in [7, 11) is 0. The molecule has 0 unspecified atom stereocenters. The van der Waals surface area contributed by atoms with Crippen molar-refractivity contribution in [2.75, 3.05) is 17.2 Å². The Hall–Kier alpha value is -3.55. The summed E-state index contributed by atoms with van der Waals surface area (Å²) in [6, 6.07) is 13.4. The van der Waals surface area contributed by atoms with E-state index in [9.17, 15) is 9.18 Å². The lowest BCUT2D eigenvalue weighted by Gasteiger charge is -2.11. The van der Waals surface area contributed by atoms with Crippen molar-refractivity contribution in [2.24, 2.45) is 0 Å². The predicted molar refractivity (Wildman–Crippen MR) is 99.2 cm³/mol. The van der Waals surface area contributed by atoms with Crippen LogP contribution < -0.4 is 10.6 Å². The quantitative estimate of drug-likeness (QED) is 0.617. The molecule has 0 amide bonds. The molecule has 0 fully saturated rings. The van der Waals surface area contributed by atoms with Crippen LogP contribution in [0.25, 0.3) is 0 Å². The van der Waals surface area contributed by atoms with Crippen LogP contribution >= 0.6 is 0 Å².